The zero-order valence-corrected chi connectivity index (χ0v) is 9.67. The van der Waals surface area contributed by atoms with E-state index in [0.29, 0.717) is 12.6 Å². The molecule has 0 bridgehead atoms. The zero-order valence-electron chi connectivity index (χ0n) is 8.91. The van der Waals surface area contributed by atoms with Crippen LogP contribution in [0.2, 0.25) is 0 Å². The topological polar surface area (TPSA) is 30.3 Å². The van der Waals surface area contributed by atoms with Crippen LogP contribution in [-0.2, 0) is 0 Å². The first-order chi connectivity index (χ1) is 6.63. The van der Waals surface area contributed by atoms with Crippen LogP contribution in [0, 0.1) is 11.3 Å². The van der Waals surface area contributed by atoms with Crippen LogP contribution >= 0.6 is 11.6 Å². The summed E-state index contributed by atoms with van der Waals surface area (Å²) in [6, 6.07) is 2.66. The van der Waals surface area contributed by atoms with Gasteiger partial charge >= 0.3 is 0 Å². The molecule has 1 heterocycles. The minimum atomic E-state index is -0.363. The third-order valence-electron chi connectivity index (χ3n) is 2.61. The van der Waals surface area contributed by atoms with Crippen LogP contribution in [0.5, 0.6) is 0 Å². The number of likely N-dealkylation sites (tertiary alicyclic amines) is 1. The molecule has 0 saturated carbocycles. The lowest BCUT2D eigenvalue weighted by Gasteiger charge is -2.27. The van der Waals surface area contributed by atoms with Gasteiger partial charge in [-0.3, -0.25) is 4.90 Å². The van der Waals surface area contributed by atoms with Crippen LogP contribution in [-0.4, -0.2) is 54.9 Å². The minimum Gasteiger partial charge on any atom is -0.308 e. The SMILES string of the molecule is CN(C)CC1CCCN1CC(Cl)C#N. The van der Waals surface area contributed by atoms with E-state index in [1.807, 2.05) is 0 Å². The summed E-state index contributed by atoms with van der Waals surface area (Å²) < 4.78 is 0. The molecular weight excluding hydrogens is 198 g/mol. The Bertz CT molecular complexity index is 212. The van der Waals surface area contributed by atoms with Gasteiger partial charge in [0.2, 0.25) is 0 Å². The van der Waals surface area contributed by atoms with Crippen molar-refractivity contribution in [1.29, 1.82) is 5.26 Å². The van der Waals surface area contributed by atoms with Crippen LogP contribution < -0.4 is 0 Å². The summed E-state index contributed by atoms with van der Waals surface area (Å²) in [5, 5.41) is 8.28. The molecule has 0 aromatic heterocycles. The lowest BCUT2D eigenvalue weighted by molar-refractivity contribution is 0.212. The smallest absolute Gasteiger partial charge is 0.133 e. The van der Waals surface area contributed by atoms with E-state index in [4.69, 9.17) is 16.9 Å². The maximum absolute atomic E-state index is 8.64. The molecular formula is C10H18ClN3. The highest BCUT2D eigenvalue weighted by Gasteiger charge is 2.26. The number of hydrogen-bond donors (Lipinski definition) is 0. The van der Waals surface area contributed by atoms with Gasteiger partial charge in [-0.25, -0.2) is 0 Å². The molecule has 2 unspecified atom stereocenters. The molecule has 14 heavy (non-hydrogen) atoms. The zero-order chi connectivity index (χ0) is 10.6. The summed E-state index contributed by atoms with van der Waals surface area (Å²) >= 11 is 5.83. The van der Waals surface area contributed by atoms with Crippen molar-refractivity contribution in [2.45, 2.75) is 24.3 Å². The molecule has 0 N–H and O–H groups in total. The molecule has 0 spiro atoms. The average molecular weight is 216 g/mol. The van der Waals surface area contributed by atoms with Crippen molar-refractivity contribution in [1.82, 2.24) is 9.80 Å². The van der Waals surface area contributed by atoms with Gasteiger partial charge in [0.1, 0.15) is 5.38 Å². The summed E-state index contributed by atoms with van der Waals surface area (Å²) in [5.41, 5.74) is 0. The number of nitrogens with zero attached hydrogens (tertiary/aromatic N) is 3. The lowest BCUT2D eigenvalue weighted by atomic mass is 10.2. The van der Waals surface area contributed by atoms with E-state index in [1.165, 1.54) is 12.8 Å². The molecule has 1 aliphatic heterocycles. The quantitative estimate of drug-likeness (QED) is 0.659. The normalized spacial score (nSPS) is 25.2. The average Bonchev–Trinajstić information content (AvgIpc) is 2.52. The van der Waals surface area contributed by atoms with Crippen LogP contribution in [0.4, 0.5) is 0 Å². The second-order valence-corrected chi connectivity index (χ2v) is 4.68. The molecule has 2 atom stereocenters. The highest BCUT2D eigenvalue weighted by atomic mass is 35.5. The molecule has 80 valence electrons. The molecule has 1 rings (SSSR count). The van der Waals surface area contributed by atoms with Crippen molar-refractivity contribution in [3.05, 3.63) is 0 Å². The van der Waals surface area contributed by atoms with Crippen LogP contribution in [0.1, 0.15) is 12.8 Å². The summed E-state index contributed by atoms with van der Waals surface area (Å²) in [6.45, 7) is 2.86. The summed E-state index contributed by atoms with van der Waals surface area (Å²) in [4.78, 5) is 4.53. The van der Waals surface area contributed by atoms with Gasteiger partial charge in [0.25, 0.3) is 0 Å². The second-order valence-electron chi connectivity index (χ2n) is 4.15. The van der Waals surface area contributed by atoms with Crippen molar-refractivity contribution in [3.8, 4) is 6.07 Å². The first kappa shape index (κ1) is 11.8. The maximum Gasteiger partial charge on any atom is 0.133 e. The molecule has 0 aromatic rings. The Morgan fingerprint density at radius 2 is 2.36 bits per heavy atom. The second kappa shape index (κ2) is 5.55. The standard InChI is InChI=1S/C10H18ClN3/c1-13(2)8-10-4-3-5-14(10)7-9(11)6-12/h9-10H,3-5,7-8H2,1-2H3. The van der Waals surface area contributed by atoms with E-state index in [1.54, 1.807) is 0 Å². The third-order valence-corrected chi connectivity index (χ3v) is 2.85. The molecule has 0 aromatic carbocycles. The summed E-state index contributed by atoms with van der Waals surface area (Å²) in [6.07, 6.45) is 2.46. The monoisotopic (exact) mass is 215 g/mol. The highest BCUT2D eigenvalue weighted by molar-refractivity contribution is 6.22. The van der Waals surface area contributed by atoms with Crippen molar-refractivity contribution in [2.75, 3.05) is 33.7 Å². The van der Waals surface area contributed by atoms with Gasteiger partial charge in [0.05, 0.1) is 6.07 Å². The van der Waals surface area contributed by atoms with Gasteiger partial charge < -0.3 is 4.90 Å². The maximum atomic E-state index is 8.64. The van der Waals surface area contributed by atoms with Crippen molar-refractivity contribution in [3.63, 3.8) is 0 Å². The molecule has 1 aliphatic rings. The predicted octanol–water partition coefficient (Wildman–Crippen LogP) is 1.14. The largest absolute Gasteiger partial charge is 0.308 e. The van der Waals surface area contributed by atoms with E-state index >= 15 is 0 Å². The van der Waals surface area contributed by atoms with Crippen molar-refractivity contribution < 1.29 is 0 Å². The molecule has 1 saturated heterocycles. The molecule has 1 fully saturated rings. The molecule has 0 aliphatic carbocycles. The fraction of sp³-hybridized carbons (Fsp3) is 0.900. The van der Waals surface area contributed by atoms with Gasteiger partial charge in [-0.1, -0.05) is 0 Å². The Morgan fingerprint density at radius 1 is 1.64 bits per heavy atom. The van der Waals surface area contributed by atoms with Crippen LogP contribution in [0.25, 0.3) is 0 Å². The number of alkyl halides is 1. The van der Waals surface area contributed by atoms with Gasteiger partial charge in [0, 0.05) is 19.1 Å². The van der Waals surface area contributed by atoms with E-state index in [2.05, 4.69) is 30.0 Å². The Morgan fingerprint density at radius 3 is 2.93 bits per heavy atom. The molecule has 3 nitrogen and oxygen atoms in total. The molecule has 4 heteroatoms. The third kappa shape index (κ3) is 3.45. The molecule has 0 amide bonds. The van der Waals surface area contributed by atoms with Gasteiger partial charge in [0.15, 0.2) is 0 Å². The van der Waals surface area contributed by atoms with Crippen molar-refractivity contribution in [2.24, 2.45) is 0 Å². The Balaban J connectivity index is 2.39. The number of rotatable bonds is 4. The van der Waals surface area contributed by atoms with E-state index < -0.39 is 0 Å². The fourth-order valence-electron chi connectivity index (χ4n) is 2.01. The van der Waals surface area contributed by atoms with E-state index in [-0.39, 0.29) is 5.38 Å². The summed E-state index contributed by atoms with van der Waals surface area (Å²) in [5.74, 6) is 0. The minimum absolute atomic E-state index is 0.363. The highest BCUT2D eigenvalue weighted by Crippen LogP contribution is 2.18. The number of nitriles is 1. The van der Waals surface area contributed by atoms with Crippen LogP contribution in [0.15, 0.2) is 0 Å². The van der Waals surface area contributed by atoms with Gasteiger partial charge in [-0.2, -0.15) is 5.26 Å². The first-order valence-electron chi connectivity index (χ1n) is 5.06. The van der Waals surface area contributed by atoms with Gasteiger partial charge in [-0.15, -0.1) is 11.6 Å². The number of halogens is 1. The van der Waals surface area contributed by atoms with E-state index in [9.17, 15) is 0 Å². The van der Waals surface area contributed by atoms with Gasteiger partial charge in [-0.05, 0) is 33.5 Å². The fourth-order valence-corrected chi connectivity index (χ4v) is 2.19. The lowest BCUT2D eigenvalue weighted by Crippen LogP contribution is -2.40. The number of hydrogen-bond acceptors (Lipinski definition) is 3. The Labute approximate surface area is 91.2 Å². The Hall–Kier alpha value is -0.300. The number of likely N-dealkylation sites (N-methyl/N-ethyl adjacent to an activating group) is 1. The predicted molar refractivity (Wildman–Crippen MR) is 58.4 cm³/mol. The summed E-state index contributed by atoms with van der Waals surface area (Å²) in [7, 11) is 4.16. The first-order valence-corrected chi connectivity index (χ1v) is 5.49. The Kier molecular flexibility index (Phi) is 4.67. The molecule has 0 radical (unpaired) electrons. The van der Waals surface area contributed by atoms with Crippen molar-refractivity contribution >= 4 is 11.6 Å². The van der Waals surface area contributed by atoms with E-state index in [0.717, 1.165) is 13.1 Å². The van der Waals surface area contributed by atoms with Crippen LogP contribution in [0.3, 0.4) is 0 Å².